The highest BCUT2D eigenvalue weighted by molar-refractivity contribution is 5.18. The fourth-order valence-corrected chi connectivity index (χ4v) is 1.66. The van der Waals surface area contributed by atoms with E-state index < -0.39 is 11.9 Å². The van der Waals surface area contributed by atoms with E-state index in [1.807, 2.05) is 4.90 Å². The summed E-state index contributed by atoms with van der Waals surface area (Å²) < 4.78 is 37.0. The average molecular weight is 232 g/mol. The van der Waals surface area contributed by atoms with Gasteiger partial charge in [-0.1, -0.05) is 0 Å². The van der Waals surface area contributed by atoms with Crippen LogP contribution in [0.4, 0.5) is 13.2 Å². The second-order valence-electron chi connectivity index (χ2n) is 3.89. The smallest absolute Gasteiger partial charge is 0.390 e. The topological polar surface area (TPSA) is 36.4 Å². The molecule has 0 radical (unpaired) electrons. The highest BCUT2D eigenvalue weighted by Gasteiger charge is 2.32. The minimum Gasteiger partial charge on any atom is -0.390 e. The lowest BCUT2D eigenvalue weighted by molar-refractivity contribution is -0.141. The molecule has 0 aliphatic carbocycles. The number of nitrogens with zero attached hydrogens (tertiary/aromatic N) is 2. The third-order valence-corrected chi connectivity index (χ3v) is 2.46. The van der Waals surface area contributed by atoms with Crippen molar-refractivity contribution in [1.29, 1.82) is 0 Å². The highest BCUT2D eigenvalue weighted by atomic mass is 19.4. The molecule has 0 saturated carbocycles. The Balaban J connectivity index is 2.05. The number of pyridine rings is 1. The summed E-state index contributed by atoms with van der Waals surface area (Å²) in [4.78, 5) is 5.16. The Labute approximate surface area is 90.5 Å². The fourth-order valence-electron chi connectivity index (χ4n) is 1.66. The van der Waals surface area contributed by atoms with Gasteiger partial charge < -0.3 is 5.11 Å². The SMILES string of the molecule is OC1CN(Cc2ccnc(C(F)(F)F)c2)C1. The van der Waals surface area contributed by atoms with Crippen LogP contribution in [0.5, 0.6) is 0 Å². The lowest BCUT2D eigenvalue weighted by atomic mass is 10.1. The Morgan fingerprint density at radius 2 is 2.12 bits per heavy atom. The Morgan fingerprint density at radius 1 is 1.44 bits per heavy atom. The number of halogens is 3. The van der Waals surface area contributed by atoms with Crippen molar-refractivity contribution in [2.45, 2.75) is 18.8 Å². The normalized spacial score (nSPS) is 18.5. The zero-order valence-electron chi connectivity index (χ0n) is 8.41. The van der Waals surface area contributed by atoms with Gasteiger partial charge in [0.2, 0.25) is 0 Å². The molecule has 1 fully saturated rings. The van der Waals surface area contributed by atoms with Crippen LogP contribution in [-0.4, -0.2) is 34.2 Å². The molecule has 6 heteroatoms. The number of aliphatic hydroxyl groups excluding tert-OH is 1. The van der Waals surface area contributed by atoms with Crippen molar-refractivity contribution < 1.29 is 18.3 Å². The van der Waals surface area contributed by atoms with Crippen molar-refractivity contribution in [3.63, 3.8) is 0 Å². The molecule has 16 heavy (non-hydrogen) atoms. The van der Waals surface area contributed by atoms with Crippen molar-refractivity contribution in [2.24, 2.45) is 0 Å². The molecule has 1 aliphatic rings. The Kier molecular flexibility index (Phi) is 2.86. The molecular formula is C10H11F3N2O. The van der Waals surface area contributed by atoms with E-state index >= 15 is 0 Å². The van der Waals surface area contributed by atoms with Crippen molar-refractivity contribution in [3.8, 4) is 0 Å². The molecule has 1 N–H and O–H groups in total. The van der Waals surface area contributed by atoms with Gasteiger partial charge in [0.15, 0.2) is 0 Å². The van der Waals surface area contributed by atoms with Crippen molar-refractivity contribution in [3.05, 3.63) is 29.6 Å². The fraction of sp³-hybridized carbons (Fsp3) is 0.500. The van der Waals surface area contributed by atoms with E-state index in [1.54, 1.807) is 6.07 Å². The molecule has 3 nitrogen and oxygen atoms in total. The quantitative estimate of drug-likeness (QED) is 0.834. The largest absolute Gasteiger partial charge is 0.433 e. The van der Waals surface area contributed by atoms with Gasteiger partial charge in [0.1, 0.15) is 5.69 Å². The van der Waals surface area contributed by atoms with E-state index in [0.717, 1.165) is 12.3 Å². The van der Waals surface area contributed by atoms with Crippen LogP contribution in [0.3, 0.4) is 0 Å². The van der Waals surface area contributed by atoms with Crippen LogP contribution in [0.2, 0.25) is 0 Å². The summed E-state index contributed by atoms with van der Waals surface area (Å²) in [6.45, 7) is 1.45. The Bertz CT molecular complexity index is 375. The first-order valence-corrected chi connectivity index (χ1v) is 4.88. The summed E-state index contributed by atoms with van der Waals surface area (Å²) in [5.74, 6) is 0. The molecule has 0 unspecified atom stereocenters. The van der Waals surface area contributed by atoms with Crippen LogP contribution in [0.15, 0.2) is 18.3 Å². The monoisotopic (exact) mass is 232 g/mol. The molecule has 88 valence electrons. The number of rotatable bonds is 2. The lowest BCUT2D eigenvalue weighted by Gasteiger charge is -2.35. The number of hydrogen-bond donors (Lipinski definition) is 1. The number of alkyl halides is 3. The molecule has 1 saturated heterocycles. The van der Waals surface area contributed by atoms with Gasteiger partial charge in [0.05, 0.1) is 6.10 Å². The standard InChI is InChI=1S/C10H11F3N2O/c11-10(12,13)9-3-7(1-2-14-9)4-15-5-8(16)6-15/h1-3,8,16H,4-6H2. The van der Waals surface area contributed by atoms with Gasteiger partial charge in [0, 0.05) is 25.8 Å². The van der Waals surface area contributed by atoms with E-state index in [0.29, 0.717) is 25.2 Å². The maximum Gasteiger partial charge on any atom is 0.433 e. The minimum absolute atomic E-state index is 0.344. The first kappa shape index (κ1) is 11.3. The van der Waals surface area contributed by atoms with E-state index in [1.165, 1.54) is 0 Å². The minimum atomic E-state index is -4.40. The molecule has 1 aromatic rings. The second kappa shape index (κ2) is 4.03. The molecule has 0 aromatic carbocycles. The van der Waals surface area contributed by atoms with E-state index in [2.05, 4.69) is 4.98 Å². The average Bonchev–Trinajstić information content (AvgIpc) is 2.14. The summed E-state index contributed by atoms with van der Waals surface area (Å²) in [6.07, 6.45) is -3.58. The van der Waals surface area contributed by atoms with Crippen molar-refractivity contribution in [1.82, 2.24) is 9.88 Å². The molecule has 1 aromatic heterocycles. The second-order valence-corrected chi connectivity index (χ2v) is 3.89. The number of likely N-dealkylation sites (tertiary alicyclic amines) is 1. The zero-order valence-corrected chi connectivity index (χ0v) is 8.41. The molecule has 2 heterocycles. The first-order chi connectivity index (χ1) is 7.45. The summed E-state index contributed by atoms with van der Waals surface area (Å²) >= 11 is 0. The number of β-amino-alcohol motifs (C(OH)–C–C–N with tert-alkyl or cyclic N) is 1. The predicted molar refractivity (Wildman–Crippen MR) is 50.5 cm³/mol. The van der Waals surface area contributed by atoms with Crippen molar-refractivity contribution >= 4 is 0 Å². The van der Waals surface area contributed by atoms with E-state index in [-0.39, 0.29) is 6.10 Å². The molecule has 1 aliphatic heterocycles. The van der Waals surface area contributed by atoms with Gasteiger partial charge in [-0.25, -0.2) is 0 Å². The summed E-state index contributed by atoms with van der Waals surface area (Å²) in [7, 11) is 0. The molecule has 0 spiro atoms. The molecule has 0 atom stereocenters. The van der Waals surface area contributed by atoms with Gasteiger partial charge in [-0.05, 0) is 17.7 Å². The summed E-state index contributed by atoms with van der Waals surface area (Å²) in [5, 5.41) is 9.05. The third-order valence-electron chi connectivity index (χ3n) is 2.46. The Morgan fingerprint density at radius 3 is 2.69 bits per heavy atom. The first-order valence-electron chi connectivity index (χ1n) is 4.88. The zero-order chi connectivity index (χ0) is 11.8. The van der Waals surface area contributed by atoms with Crippen LogP contribution in [0, 0.1) is 0 Å². The number of aliphatic hydroxyl groups is 1. The summed E-state index contributed by atoms with van der Waals surface area (Å²) in [6, 6.07) is 2.60. The highest BCUT2D eigenvalue weighted by Crippen LogP contribution is 2.28. The van der Waals surface area contributed by atoms with Gasteiger partial charge in [0.25, 0.3) is 0 Å². The van der Waals surface area contributed by atoms with Gasteiger partial charge in [-0.15, -0.1) is 0 Å². The van der Waals surface area contributed by atoms with Crippen molar-refractivity contribution in [2.75, 3.05) is 13.1 Å². The third kappa shape index (κ3) is 2.51. The van der Waals surface area contributed by atoms with Crippen LogP contribution in [0.25, 0.3) is 0 Å². The lowest BCUT2D eigenvalue weighted by Crippen LogP contribution is -2.49. The van der Waals surface area contributed by atoms with Crippen LogP contribution in [0.1, 0.15) is 11.3 Å². The van der Waals surface area contributed by atoms with Crippen LogP contribution < -0.4 is 0 Å². The number of hydrogen-bond acceptors (Lipinski definition) is 3. The van der Waals surface area contributed by atoms with Gasteiger partial charge >= 0.3 is 6.18 Å². The molecule has 2 rings (SSSR count). The molecule has 0 bridgehead atoms. The Hall–Kier alpha value is -1.14. The maximum atomic E-state index is 12.3. The maximum absolute atomic E-state index is 12.3. The van der Waals surface area contributed by atoms with Crippen LogP contribution >= 0.6 is 0 Å². The molecule has 0 amide bonds. The number of aromatic nitrogens is 1. The van der Waals surface area contributed by atoms with Gasteiger partial charge in [-0.3, -0.25) is 9.88 Å². The van der Waals surface area contributed by atoms with Gasteiger partial charge in [-0.2, -0.15) is 13.2 Å². The predicted octanol–water partition coefficient (Wildman–Crippen LogP) is 1.28. The van der Waals surface area contributed by atoms with E-state index in [4.69, 9.17) is 5.11 Å². The van der Waals surface area contributed by atoms with E-state index in [9.17, 15) is 13.2 Å². The molecular weight excluding hydrogens is 221 g/mol. The summed E-state index contributed by atoms with van der Waals surface area (Å²) in [5.41, 5.74) is -0.305. The van der Waals surface area contributed by atoms with Crippen LogP contribution in [-0.2, 0) is 12.7 Å².